The van der Waals surface area contributed by atoms with E-state index in [4.69, 9.17) is 10.5 Å². The monoisotopic (exact) mass is 306 g/mol. The van der Waals surface area contributed by atoms with Crippen molar-refractivity contribution in [3.63, 3.8) is 0 Å². The Bertz CT molecular complexity index is 518. The Morgan fingerprint density at radius 2 is 2.29 bits per heavy atom. The molecule has 1 aromatic rings. The molecule has 4 heteroatoms. The zero-order valence-corrected chi connectivity index (χ0v) is 14.1. The molecule has 0 aromatic heterocycles. The average molecular weight is 306 g/mol. The van der Waals surface area contributed by atoms with Gasteiger partial charge in [-0.2, -0.15) is 11.8 Å². The first-order chi connectivity index (χ1) is 10.00. The molecular formula is C17H26N2OS. The molecule has 1 fully saturated rings. The molecule has 0 saturated carbocycles. The van der Waals surface area contributed by atoms with Crippen LogP contribution in [0.2, 0.25) is 0 Å². The van der Waals surface area contributed by atoms with Gasteiger partial charge in [-0.15, -0.1) is 0 Å². The predicted molar refractivity (Wildman–Crippen MR) is 90.1 cm³/mol. The number of benzene rings is 1. The summed E-state index contributed by atoms with van der Waals surface area (Å²) in [5.74, 6) is 2.28. The summed E-state index contributed by atoms with van der Waals surface area (Å²) >= 11 is 2.06. The summed E-state index contributed by atoms with van der Waals surface area (Å²) in [4.78, 5) is 2.53. The Hall–Kier alpha value is -0.710. The van der Waals surface area contributed by atoms with Crippen molar-refractivity contribution in [1.82, 2.24) is 4.90 Å². The summed E-state index contributed by atoms with van der Waals surface area (Å²) in [6.07, 6.45) is 0.986. The molecule has 0 radical (unpaired) electrons. The molecule has 0 aliphatic carbocycles. The fourth-order valence-corrected chi connectivity index (χ4v) is 4.54. The van der Waals surface area contributed by atoms with Gasteiger partial charge in [0.05, 0.1) is 6.04 Å². The van der Waals surface area contributed by atoms with Gasteiger partial charge >= 0.3 is 0 Å². The molecule has 3 rings (SSSR count). The number of hydrogen-bond acceptors (Lipinski definition) is 4. The van der Waals surface area contributed by atoms with Gasteiger partial charge in [-0.3, -0.25) is 4.90 Å². The molecule has 3 nitrogen and oxygen atoms in total. The summed E-state index contributed by atoms with van der Waals surface area (Å²) < 4.78 is 6.24. The summed E-state index contributed by atoms with van der Waals surface area (Å²) in [7, 11) is 0. The standard InChI is InChI=1S/C17H26N2OS/c1-12-11-19(7-8-21-12)15(10-18)14-6-4-5-13-9-17(2,3)20-16(13)14/h4-6,12,15H,7-11,18H2,1-3H3. The van der Waals surface area contributed by atoms with E-state index in [-0.39, 0.29) is 11.6 Å². The third kappa shape index (κ3) is 3.08. The summed E-state index contributed by atoms with van der Waals surface area (Å²) in [6, 6.07) is 6.82. The van der Waals surface area contributed by atoms with Gasteiger partial charge in [-0.05, 0) is 19.4 Å². The molecule has 2 heterocycles. The lowest BCUT2D eigenvalue weighted by Gasteiger charge is -2.37. The second-order valence-corrected chi connectivity index (χ2v) is 8.35. The topological polar surface area (TPSA) is 38.5 Å². The van der Waals surface area contributed by atoms with E-state index in [1.807, 2.05) is 0 Å². The molecule has 116 valence electrons. The Balaban J connectivity index is 1.90. The number of thioether (sulfide) groups is 1. The maximum absolute atomic E-state index is 6.24. The van der Waals surface area contributed by atoms with Gasteiger partial charge < -0.3 is 10.5 Å². The van der Waals surface area contributed by atoms with Gasteiger partial charge in [-0.1, -0.05) is 25.1 Å². The SMILES string of the molecule is CC1CN(C(CN)c2cccc3c2OC(C)(C)C3)CCS1. The van der Waals surface area contributed by atoms with Crippen LogP contribution in [0.3, 0.4) is 0 Å². The van der Waals surface area contributed by atoms with Crippen molar-refractivity contribution in [2.24, 2.45) is 5.73 Å². The third-order valence-electron chi connectivity index (χ3n) is 4.42. The summed E-state index contributed by atoms with van der Waals surface area (Å²) in [6.45, 7) is 9.50. The lowest BCUT2D eigenvalue weighted by molar-refractivity contribution is 0.132. The number of ether oxygens (including phenoxy) is 1. The first kappa shape index (κ1) is 15.2. The van der Waals surface area contributed by atoms with Crippen molar-refractivity contribution in [1.29, 1.82) is 0 Å². The second kappa shape index (κ2) is 5.82. The van der Waals surface area contributed by atoms with Crippen LogP contribution in [0.4, 0.5) is 0 Å². The van der Waals surface area contributed by atoms with E-state index in [1.54, 1.807) is 0 Å². The quantitative estimate of drug-likeness (QED) is 0.932. The highest BCUT2D eigenvalue weighted by Gasteiger charge is 2.35. The third-order valence-corrected chi connectivity index (χ3v) is 5.55. The van der Waals surface area contributed by atoms with E-state index >= 15 is 0 Å². The smallest absolute Gasteiger partial charge is 0.128 e. The molecule has 1 aromatic carbocycles. The van der Waals surface area contributed by atoms with E-state index in [1.165, 1.54) is 16.9 Å². The van der Waals surface area contributed by atoms with E-state index in [2.05, 4.69) is 55.6 Å². The maximum Gasteiger partial charge on any atom is 0.128 e. The van der Waals surface area contributed by atoms with Crippen molar-refractivity contribution in [3.05, 3.63) is 29.3 Å². The second-order valence-electron chi connectivity index (χ2n) is 6.80. The highest BCUT2D eigenvalue weighted by molar-refractivity contribution is 7.99. The average Bonchev–Trinajstić information content (AvgIpc) is 2.74. The molecular weight excluding hydrogens is 280 g/mol. The van der Waals surface area contributed by atoms with E-state index in [9.17, 15) is 0 Å². The molecule has 0 spiro atoms. The van der Waals surface area contributed by atoms with Gasteiger partial charge in [0, 0.05) is 42.6 Å². The highest BCUT2D eigenvalue weighted by Crippen LogP contribution is 2.41. The molecule has 2 aliphatic heterocycles. The minimum absolute atomic E-state index is 0.0946. The van der Waals surface area contributed by atoms with E-state index in [0.29, 0.717) is 11.8 Å². The van der Waals surface area contributed by atoms with Gasteiger partial charge in [-0.25, -0.2) is 0 Å². The van der Waals surface area contributed by atoms with Gasteiger partial charge in [0.25, 0.3) is 0 Å². The zero-order valence-electron chi connectivity index (χ0n) is 13.3. The molecule has 2 aliphatic rings. The first-order valence-electron chi connectivity index (χ1n) is 7.87. The Labute approximate surface area is 132 Å². The number of nitrogens with two attached hydrogens (primary N) is 1. The van der Waals surface area contributed by atoms with Crippen LogP contribution >= 0.6 is 11.8 Å². The van der Waals surface area contributed by atoms with Crippen molar-refractivity contribution in [2.45, 2.75) is 44.1 Å². The minimum atomic E-state index is -0.0946. The summed E-state index contributed by atoms with van der Waals surface area (Å²) in [5, 5.41) is 0.682. The van der Waals surface area contributed by atoms with Crippen LogP contribution in [-0.4, -0.2) is 41.1 Å². The summed E-state index contributed by atoms with van der Waals surface area (Å²) in [5.41, 5.74) is 8.65. The molecule has 1 saturated heterocycles. The lowest BCUT2D eigenvalue weighted by Crippen LogP contribution is -2.42. The number of hydrogen-bond donors (Lipinski definition) is 1. The van der Waals surface area contributed by atoms with E-state index < -0.39 is 0 Å². The van der Waals surface area contributed by atoms with Crippen LogP contribution < -0.4 is 10.5 Å². The van der Waals surface area contributed by atoms with Crippen LogP contribution in [-0.2, 0) is 6.42 Å². The predicted octanol–water partition coefficient (Wildman–Crippen LogP) is 2.84. The maximum atomic E-state index is 6.24. The molecule has 2 unspecified atom stereocenters. The van der Waals surface area contributed by atoms with E-state index in [0.717, 1.165) is 25.3 Å². The minimum Gasteiger partial charge on any atom is -0.487 e. The zero-order chi connectivity index (χ0) is 15.0. The number of nitrogens with zero attached hydrogens (tertiary/aromatic N) is 1. The lowest BCUT2D eigenvalue weighted by atomic mass is 9.97. The van der Waals surface area contributed by atoms with Crippen molar-refractivity contribution < 1.29 is 4.74 Å². The van der Waals surface area contributed by atoms with Crippen LogP contribution in [0.1, 0.15) is 37.9 Å². The normalized spacial score (nSPS) is 26.2. The molecule has 0 amide bonds. The fourth-order valence-electron chi connectivity index (χ4n) is 3.50. The fraction of sp³-hybridized carbons (Fsp3) is 0.647. The molecule has 2 atom stereocenters. The number of rotatable bonds is 3. The number of fused-ring (bicyclic) bond motifs is 1. The molecule has 21 heavy (non-hydrogen) atoms. The van der Waals surface area contributed by atoms with Crippen LogP contribution in [0.15, 0.2) is 18.2 Å². The Morgan fingerprint density at radius 3 is 3.00 bits per heavy atom. The van der Waals surface area contributed by atoms with Crippen LogP contribution in [0.5, 0.6) is 5.75 Å². The Morgan fingerprint density at radius 1 is 1.48 bits per heavy atom. The highest BCUT2D eigenvalue weighted by atomic mass is 32.2. The van der Waals surface area contributed by atoms with Gasteiger partial charge in [0.2, 0.25) is 0 Å². The molecule has 2 N–H and O–H groups in total. The first-order valence-corrected chi connectivity index (χ1v) is 8.91. The molecule has 0 bridgehead atoms. The van der Waals surface area contributed by atoms with Gasteiger partial charge in [0.1, 0.15) is 11.4 Å². The largest absolute Gasteiger partial charge is 0.487 e. The van der Waals surface area contributed by atoms with Crippen molar-refractivity contribution in [2.75, 3.05) is 25.4 Å². The van der Waals surface area contributed by atoms with Crippen molar-refractivity contribution in [3.8, 4) is 5.75 Å². The van der Waals surface area contributed by atoms with Crippen molar-refractivity contribution >= 4 is 11.8 Å². The van der Waals surface area contributed by atoms with Gasteiger partial charge in [0.15, 0.2) is 0 Å². The van der Waals surface area contributed by atoms with Crippen LogP contribution in [0.25, 0.3) is 0 Å². The number of para-hydroxylation sites is 1. The van der Waals surface area contributed by atoms with Crippen LogP contribution in [0, 0.1) is 0 Å². The Kier molecular flexibility index (Phi) is 4.21.